The number of rotatable bonds is 3. The maximum Gasteiger partial charge on any atom is 0.225 e. The standard InChI is InChI=1S/C17H30N2O2/c1-4-18-9-7-13(8-10-18)15(20)19-11-16(2,3)17(21,12-19)14-5-6-14/h13-14,21H,4-12H2,1-3H3/t17-/m0/s1. The van der Waals surface area contributed by atoms with Crippen molar-refractivity contribution < 1.29 is 9.90 Å². The molecule has 1 amide bonds. The van der Waals surface area contributed by atoms with Crippen LogP contribution in [0.25, 0.3) is 0 Å². The summed E-state index contributed by atoms with van der Waals surface area (Å²) in [6.07, 6.45) is 4.20. The predicted octanol–water partition coefficient (Wildman–Crippen LogP) is 1.73. The first-order valence-electron chi connectivity index (χ1n) is 8.61. The number of hydrogen-bond donors (Lipinski definition) is 1. The van der Waals surface area contributed by atoms with Crippen molar-refractivity contribution in [2.75, 3.05) is 32.7 Å². The summed E-state index contributed by atoms with van der Waals surface area (Å²) >= 11 is 0. The van der Waals surface area contributed by atoms with Gasteiger partial charge < -0.3 is 14.9 Å². The zero-order valence-electron chi connectivity index (χ0n) is 13.8. The Balaban J connectivity index is 1.64. The van der Waals surface area contributed by atoms with Gasteiger partial charge in [0.2, 0.25) is 5.91 Å². The fraction of sp³-hybridized carbons (Fsp3) is 0.941. The number of amides is 1. The van der Waals surface area contributed by atoms with Gasteiger partial charge >= 0.3 is 0 Å². The second-order valence-electron chi connectivity index (χ2n) is 7.99. The summed E-state index contributed by atoms with van der Waals surface area (Å²) in [6, 6.07) is 0. The van der Waals surface area contributed by atoms with Gasteiger partial charge in [-0.15, -0.1) is 0 Å². The first kappa shape index (κ1) is 15.3. The highest BCUT2D eigenvalue weighted by atomic mass is 16.3. The molecule has 2 aliphatic heterocycles. The summed E-state index contributed by atoms with van der Waals surface area (Å²) in [6.45, 7) is 10.9. The maximum absolute atomic E-state index is 12.8. The molecule has 120 valence electrons. The van der Waals surface area contributed by atoms with Crippen molar-refractivity contribution in [1.29, 1.82) is 0 Å². The van der Waals surface area contributed by atoms with Crippen LogP contribution in [0.1, 0.15) is 46.5 Å². The number of hydrogen-bond acceptors (Lipinski definition) is 3. The third kappa shape index (κ3) is 2.61. The molecule has 3 aliphatic rings. The molecule has 1 N–H and O–H groups in total. The van der Waals surface area contributed by atoms with E-state index in [-0.39, 0.29) is 17.2 Å². The van der Waals surface area contributed by atoms with E-state index in [9.17, 15) is 9.90 Å². The molecule has 0 unspecified atom stereocenters. The largest absolute Gasteiger partial charge is 0.387 e. The van der Waals surface area contributed by atoms with Crippen LogP contribution in [0.5, 0.6) is 0 Å². The lowest BCUT2D eigenvalue weighted by atomic mass is 9.75. The molecule has 1 aliphatic carbocycles. The van der Waals surface area contributed by atoms with Gasteiger partial charge in [-0.25, -0.2) is 0 Å². The van der Waals surface area contributed by atoms with Crippen LogP contribution >= 0.6 is 0 Å². The molecular weight excluding hydrogens is 264 g/mol. The van der Waals surface area contributed by atoms with Crippen molar-refractivity contribution in [3.05, 3.63) is 0 Å². The number of carbonyl (C=O) groups excluding carboxylic acids is 1. The second-order valence-corrected chi connectivity index (χ2v) is 7.99. The minimum Gasteiger partial charge on any atom is -0.387 e. The highest BCUT2D eigenvalue weighted by Crippen LogP contribution is 2.52. The van der Waals surface area contributed by atoms with Gasteiger partial charge in [-0.1, -0.05) is 20.8 Å². The van der Waals surface area contributed by atoms with E-state index in [1.54, 1.807) is 0 Å². The molecule has 1 atom stereocenters. The third-order valence-corrected chi connectivity index (χ3v) is 6.14. The van der Waals surface area contributed by atoms with E-state index < -0.39 is 5.60 Å². The molecule has 0 bridgehead atoms. The summed E-state index contributed by atoms with van der Waals surface area (Å²) in [5.41, 5.74) is -0.833. The van der Waals surface area contributed by atoms with Gasteiger partial charge in [-0.05, 0) is 51.2 Å². The van der Waals surface area contributed by atoms with Crippen LogP contribution < -0.4 is 0 Å². The predicted molar refractivity (Wildman–Crippen MR) is 82.9 cm³/mol. The summed E-state index contributed by atoms with van der Waals surface area (Å²) in [5.74, 6) is 0.868. The topological polar surface area (TPSA) is 43.8 Å². The van der Waals surface area contributed by atoms with Crippen LogP contribution in [0.4, 0.5) is 0 Å². The Labute approximate surface area is 128 Å². The Morgan fingerprint density at radius 1 is 1.14 bits per heavy atom. The van der Waals surface area contributed by atoms with E-state index in [4.69, 9.17) is 0 Å². The molecule has 3 fully saturated rings. The van der Waals surface area contributed by atoms with Crippen molar-refractivity contribution in [2.24, 2.45) is 17.3 Å². The first-order chi connectivity index (χ1) is 9.87. The molecule has 0 radical (unpaired) electrons. The van der Waals surface area contributed by atoms with E-state index in [2.05, 4.69) is 25.7 Å². The monoisotopic (exact) mass is 294 g/mol. The lowest BCUT2D eigenvalue weighted by molar-refractivity contribution is -0.137. The third-order valence-electron chi connectivity index (χ3n) is 6.14. The van der Waals surface area contributed by atoms with Crippen molar-refractivity contribution in [3.63, 3.8) is 0 Å². The summed E-state index contributed by atoms with van der Waals surface area (Å²) < 4.78 is 0. The maximum atomic E-state index is 12.8. The number of aliphatic hydroxyl groups is 1. The zero-order chi connectivity index (χ0) is 15.3. The van der Waals surface area contributed by atoms with E-state index >= 15 is 0 Å². The molecule has 1 saturated carbocycles. The fourth-order valence-electron chi connectivity index (χ4n) is 4.33. The van der Waals surface area contributed by atoms with Crippen LogP contribution in [-0.4, -0.2) is 59.1 Å². The molecule has 3 rings (SSSR count). The highest BCUT2D eigenvalue weighted by molar-refractivity contribution is 5.79. The first-order valence-corrected chi connectivity index (χ1v) is 8.61. The molecule has 2 heterocycles. The Hall–Kier alpha value is -0.610. The van der Waals surface area contributed by atoms with Crippen LogP contribution in [0.15, 0.2) is 0 Å². The molecular formula is C17H30N2O2. The Kier molecular flexibility index (Phi) is 3.81. The van der Waals surface area contributed by atoms with Gasteiger partial charge in [0.05, 0.1) is 12.1 Å². The molecule has 0 aromatic carbocycles. The highest BCUT2D eigenvalue weighted by Gasteiger charge is 2.59. The smallest absolute Gasteiger partial charge is 0.225 e. The molecule has 2 saturated heterocycles. The normalized spacial score (nSPS) is 34.4. The van der Waals surface area contributed by atoms with Crippen LogP contribution in [0, 0.1) is 17.3 Å². The Morgan fingerprint density at radius 2 is 1.76 bits per heavy atom. The van der Waals surface area contributed by atoms with E-state index in [1.165, 1.54) is 0 Å². The minimum atomic E-state index is -0.660. The van der Waals surface area contributed by atoms with Gasteiger partial charge in [0, 0.05) is 17.9 Å². The molecule has 0 aromatic heterocycles. The van der Waals surface area contributed by atoms with Gasteiger partial charge in [0.1, 0.15) is 0 Å². The van der Waals surface area contributed by atoms with Gasteiger partial charge in [-0.3, -0.25) is 4.79 Å². The number of carbonyl (C=O) groups is 1. The minimum absolute atomic E-state index is 0.171. The average molecular weight is 294 g/mol. The lowest BCUT2D eigenvalue weighted by Gasteiger charge is -2.35. The molecule has 4 nitrogen and oxygen atoms in total. The van der Waals surface area contributed by atoms with Crippen molar-refractivity contribution in [1.82, 2.24) is 9.80 Å². The molecule has 0 spiro atoms. The van der Waals surface area contributed by atoms with Gasteiger partial charge in [-0.2, -0.15) is 0 Å². The summed E-state index contributed by atoms with van der Waals surface area (Å²) in [4.78, 5) is 17.2. The van der Waals surface area contributed by atoms with Crippen molar-refractivity contribution >= 4 is 5.91 Å². The zero-order valence-corrected chi connectivity index (χ0v) is 13.8. The molecule has 0 aromatic rings. The van der Waals surface area contributed by atoms with Crippen LogP contribution in [0.3, 0.4) is 0 Å². The SMILES string of the molecule is CCN1CCC(C(=O)N2CC(C)(C)[C@@](O)(C3CC3)C2)CC1. The second kappa shape index (κ2) is 5.24. The number of β-amino-alcohol motifs (C(OH)–C–C–N with tert-alkyl or cyclic N) is 1. The van der Waals surface area contributed by atoms with Gasteiger partial charge in [0.25, 0.3) is 0 Å². The quantitative estimate of drug-likeness (QED) is 0.862. The van der Waals surface area contributed by atoms with E-state index in [0.29, 0.717) is 19.0 Å². The Morgan fingerprint density at radius 3 is 2.29 bits per heavy atom. The molecule has 21 heavy (non-hydrogen) atoms. The van der Waals surface area contributed by atoms with E-state index in [1.807, 2.05) is 4.90 Å². The number of piperidine rings is 1. The number of nitrogens with zero attached hydrogens (tertiary/aromatic N) is 2. The van der Waals surface area contributed by atoms with E-state index in [0.717, 1.165) is 45.3 Å². The van der Waals surface area contributed by atoms with Crippen LogP contribution in [0.2, 0.25) is 0 Å². The lowest BCUT2D eigenvalue weighted by Crippen LogP contribution is -2.46. The molecule has 4 heteroatoms. The fourth-order valence-corrected chi connectivity index (χ4v) is 4.33. The van der Waals surface area contributed by atoms with Gasteiger partial charge in [0.15, 0.2) is 0 Å². The van der Waals surface area contributed by atoms with Crippen molar-refractivity contribution in [2.45, 2.75) is 52.1 Å². The van der Waals surface area contributed by atoms with Crippen molar-refractivity contribution in [3.8, 4) is 0 Å². The summed E-state index contributed by atoms with van der Waals surface area (Å²) in [7, 11) is 0. The Bertz CT molecular complexity index is 411. The van der Waals surface area contributed by atoms with Crippen LogP contribution in [-0.2, 0) is 4.79 Å². The number of likely N-dealkylation sites (tertiary alicyclic amines) is 2. The average Bonchev–Trinajstić information content (AvgIpc) is 3.27. The summed E-state index contributed by atoms with van der Waals surface area (Å²) in [5, 5.41) is 11.1.